The Morgan fingerprint density at radius 3 is 2.34 bits per heavy atom. The van der Waals surface area contributed by atoms with Gasteiger partial charge in [-0.05, 0) is 61.9 Å². The van der Waals surface area contributed by atoms with Crippen molar-refractivity contribution >= 4 is 27.2 Å². The smallest absolute Gasteiger partial charge is 0.282 e. The molecule has 32 heavy (non-hydrogen) atoms. The number of nitrogens with one attached hydrogen (secondary N) is 1. The van der Waals surface area contributed by atoms with Crippen molar-refractivity contribution in [1.82, 2.24) is 0 Å². The van der Waals surface area contributed by atoms with Crippen LogP contribution >= 0.6 is 0 Å². The van der Waals surface area contributed by atoms with Gasteiger partial charge in [0.05, 0.1) is 22.9 Å². The lowest BCUT2D eigenvalue weighted by atomic mass is 9.92. The average molecular weight is 447 g/mol. The van der Waals surface area contributed by atoms with Crippen molar-refractivity contribution in [3.8, 4) is 5.75 Å². The van der Waals surface area contributed by atoms with Crippen LogP contribution in [0.3, 0.4) is 0 Å². The predicted octanol–water partition coefficient (Wildman–Crippen LogP) is 4.76. The number of benzene rings is 3. The maximum Gasteiger partial charge on any atom is 0.282 e. The molecule has 0 fully saturated rings. The highest BCUT2D eigenvalue weighted by Gasteiger charge is 2.26. The second-order valence-electron chi connectivity index (χ2n) is 7.28. The van der Waals surface area contributed by atoms with E-state index in [2.05, 4.69) is 9.71 Å². The van der Waals surface area contributed by atoms with Gasteiger partial charge in [-0.15, -0.1) is 0 Å². The van der Waals surface area contributed by atoms with E-state index in [1.54, 1.807) is 36.4 Å². The Morgan fingerprint density at radius 2 is 1.66 bits per heavy atom. The number of fused-ring (bicyclic) bond motifs is 1. The summed E-state index contributed by atoms with van der Waals surface area (Å²) < 4.78 is 35.5. The molecular formula is C25H22N2O4S. The van der Waals surface area contributed by atoms with Gasteiger partial charge in [-0.2, -0.15) is 12.8 Å². The molecule has 0 unspecified atom stereocenters. The van der Waals surface area contributed by atoms with Crippen molar-refractivity contribution in [2.45, 2.75) is 18.7 Å². The predicted molar refractivity (Wildman–Crippen MR) is 125 cm³/mol. The molecule has 0 amide bonds. The highest BCUT2D eigenvalue weighted by atomic mass is 32.2. The topological polar surface area (TPSA) is 84.8 Å². The van der Waals surface area contributed by atoms with Crippen LogP contribution in [0, 0.1) is 6.92 Å². The van der Waals surface area contributed by atoms with Crippen molar-refractivity contribution in [1.29, 1.82) is 0 Å². The van der Waals surface area contributed by atoms with Crippen LogP contribution in [0.25, 0.3) is 0 Å². The van der Waals surface area contributed by atoms with Gasteiger partial charge >= 0.3 is 0 Å². The Kier molecular flexibility index (Phi) is 5.92. The minimum Gasteiger partial charge on any atom is -0.494 e. The Morgan fingerprint density at radius 1 is 0.938 bits per heavy atom. The van der Waals surface area contributed by atoms with E-state index < -0.39 is 10.0 Å². The lowest BCUT2D eigenvalue weighted by Gasteiger charge is -2.19. The molecule has 3 aromatic rings. The molecule has 162 valence electrons. The number of anilines is 1. The molecule has 0 atom stereocenters. The third kappa shape index (κ3) is 4.48. The Hall–Kier alpha value is -3.71. The van der Waals surface area contributed by atoms with E-state index in [4.69, 9.17) is 4.74 Å². The molecule has 7 heteroatoms. The maximum absolute atomic E-state index is 13.0. The summed E-state index contributed by atoms with van der Waals surface area (Å²) in [5.41, 5.74) is 3.09. The summed E-state index contributed by atoms with van der Waals surface area (Å²) in [4.78, 5) is 13.1. The second-order valence-corrected chi connectivity index (χ2v) is 8.89. The van der Waals surface area contributed by atoms with Crippen molar-refractivity contribution in [3.05, 3.63) is 101 Å². The number of rotatable bonds is 6. The van der Waals surface area contributed by atoms with Gasteiger partial charge in [-0.25, -0.2) is 0 Å². The van der Waals surface area contributed by atoms with Gasteiger partial charge in [0.25, 0.3) is 10.0 Å². The molecule has 4 rings (SSSR count). The van der Waals surface area contributed by atoms with E-state index in [0.717, 1.165) is 11.3 Å². The summed E-state index contributed by atoms with van der Waals surface area (Å²) in [6.07, 6.45) is 1.49. The summed E-state index contributed by atoms with van der Waals surface area (Å²) in [5.74, 6) is 0.358. The van der Waals surface area contributed by atoms with Crippen molar-refractivity contribution in [2.24, 2.45) is 4.40 Å². The van der Waals surface area contributed by atoms with Crippen LogP contribution in [-0.4, -0.2) is 26.5 Å². The third-order valence-electron chi connectivity index (χ3n) is 4.92. The summed E-state index contributed by atoms with van der Waals surface area (Å²) in [7, 11) is -4.01. The summed E-state index contributed by atoms with van der Waals surface area (Å²) in [5, 5.41) is 3.11. The zero-order valence-electron chi connectivity index (χ0n) is 17.7. The zero-order valence-corrected chi connectivity index (χ0v) is 18.5. The van der Waals surface area contributed by atoms with Gasteiger partial charge in [0.1, 0.15) is 5.75 Å². The molecule has 0 saturated heterocycles. The van der Waals surface area contributed by atoms with E-state index in [-0.39, 0.29) is 22.1 Å². The molecule has 3 aromatic carbocycles. The van der Waals surface area contributed by atoms with Crippen molar-refractivity contribution in [3.63, 3.8) is 0 Å². The minimum atomic E-state index is -4.01. The molecule has 0 bridgehead atoms. The van der Waals surface area contributed by atoms with Crippen LogP contribution in [0.5, 0.6) is 5.75 Å². The maximum atomic E-state index is 13.0. The van der Waals surface area contributed by atoms with Gasteiger partial charge in [-0.3, -0.25) is 4.79 Å². The first-order chi connectivity index (χ1) is 15.4. The fourth-order valence-electron chi connectivity index (χ4n) is 3.43. The van der Waals surface area contributed by atoms with Crippen LogP contribution in [0.4, 0.5) is 5.69 Å². The number of carbonyl (C=O) groups is 1. The molecule has 6 nitrogen and oxygen atoms in total. The van der Waals surface area contributed by atoms with Gasteiger partial charge in [-0.1, -0.05) is 36.4 Å². The molecule has 1 aliphatic rings. The SMILES string of the molecule is CCOc1ccc(S(=O)(=O)/N=C2\C=C(Nc3cccc(C)c3)C(=O)c3ccccc32)cc1. The third-order valence-corrected chi connectivity index (χ3v) is 6.23. The van der Waals surface area contributed by atoms with Crippen LogP contribution in [0.1, 0.15) is 28.4 Å². The van der Waals surface area contributed by atoms with Gasteiger partial charge in [0.15, 0.2) is 0 Å². The minimum absolute atomic E-state index is 0.0458. The highest BCUT2D eigenvalue weighted by Crippen LogP contribution is 2.26. The van der Waals surface area contributed by atoms with Crippen molar-refractivity contribution < 1.29 is 17.9 Å². The molecule has 0 radical (unpaired) electrons. The lowest BCUT2D eigenvalue weighted by molar-refractivity contribution is 0.103. The fraction of sp³-hybridized carbons (Fsp3) is 0.120. The fourth-order valence-corrected chi connectivity index (χ4v) is 4.43. The van der Waals surface area contributed by atoms with E-state index in [1.165, 1.54) is 18.2 Å². The number of aryl methyl sites for hydroxylation is 1. The molecular weight excluding hydrogens is 424 g/mol. The number of allylic oxidation sites excluding steroid dienone is 2. The molecule has 0 heterocycles. The first kappa shape index (κ1) is 21.5. The number of ketones is 1. The monoisotopic (exact) mass is 446 g/mol. The second kappa shape index (κ2) is 8.80. The lowest BCUT2D eigenvalue weighted by Crippen LogP contribution is -2.22. The molecule has 0 aliphatic heterocycles. The summed E-state index contributed by atoms with van der Waals surface area (Å²) >= 11 is 0. The number of carbonyl (C=O) groups excluding carboxylic acids is 1. The molecule has 0 saturated carbocycles. The van der Waals surface area contributed by atoms with E-state index in [1.807, 2.05) is 38.1 Å². The normalized spacial score (nSPS) is 14.6. The number of sulfonamides is 1. The zero-order chi connectivity index (χ0) is 22.7. The van der Waals surface area contributed by atoms with E-state index in [9.17, 15) is 13.2 Å². The molecule has 1 N–H and O–H groups in total. The number of ether oxygens (including phenoxy) is 1. The van der Waals surface area contributed by atoms with Crippen LogP contribution in [-0.2, 0) is 10.0 Å². The van der Waals surface area contributed by atoms with Crippen LogP contribution in [0.2, 0.25) is 0 Å². The number of hydrogen-bond acceptors (Lipinski definition) is 5. The number of hydrogen-bond donors (Lipinski definition) is 1. The standard InChI is InChI=1S/C25H22N2O4S/c1-3-31-19-11-13-20(14-12-19)32(29,30)27-23-16-24(26-18-8-6-7-17(2)15-18)25(28)22-10-5-4-9-21(22)23/h4-16,26H,3H2,1-2H3/b27-23+. The number of nitrogens with zero attached hydrogens (tertiary/aromatic N) is 1. The molecule has 1 aliphatic carbocycles. The Bertz CT molecular complexity index is 1340. The van der Waals surface area contributed by atoms with Crippen LogP contribution < -0.4 is 10.1 Å². The highest BCUT2D eigenvalue weighted by molar-refractivity contribution is 7.90. The van der Waals surface area contributed by atoms with Gasteiger partial charge in [0, 0.05) is 16.8 Å². The number of Topliss-reactive ketones (excluding diaryl/α,β-unsaturated/α-hetero) is 1. The molecule has 0 aromatic heterocycles. The van der Waals surface area contributed by atoms with E-state index in [0.29, 0.717) is 23.5 Å². The van der Waals surface area contributed by atoms with Gasteiger partial charge < -0.3 is 10.1 Å². The Labute approximate surface area is 187 Å². The summed E-state index contributed by atoms with van der Waals surface area (Å²) in [6, 6.07) is 20.5. The quantitative estimate of drug-likeness (QED) is 0.590. The Balaban J connectivity index is 1.76. The van der Waals surface area contributed by atoms with Crippen LogP contribution in [0.15, 0.2) is 93.9 Å². The average Bonchev–Trinajstić information content (AvgIpc) is 2.77. The molecule has 0 spiro atoms. The first-order valence-electron chi connectivity index (χ1n) is 10.1. The largest absolute Gasteiger partial charge is 0.494 e. The summed E-state index contributed by atoms with van der Waals surface area (Å²) in [6.45, 7) is 4.29. The van der Waals surface area contributed by atoms with Gasteiger partial charge in [0.2, 0.25) is 5.78 Å². The van der Waals surface area contributed by atoms with E-state index >= 15 is 0 Å². The first-order valence-corrected chi connectivity index (χ1v) is 11.6. The van der Waals surface area contributed by atoms with Crippen molar-refractivity contribution in [2.75, 3.05) is 11.9 Å².